The SMILES string of the molecule is Cc1cnn(-c2ccc([C@H](C)N3CCOC4(CCN(c5nc(C)cc(Nc6cc(C)[nH]n6)n5)CC4)C3=O)cn2)c1. The predicted molar refractivity (Wildman–Crippen MR) is 150 cm³/mol. The summed E-state index contributed by atoms with van der Waals surface area (Å²) < 4.78 is 7.97. The van der Waals surface area contributed by atoms with Crippen LogP contribution < -0.4 is 10.2 Å². The van der Waals surface area contributed by atoms with Crippen LogP contribution in [0.25, 0.3) is 5.82 Å². The van der Waals surface area contributed by atoms with Gasteiger partial charge in [-0.25, -0.2) is 14.6 Å². The number of hydrogen-bond acceptors (Lipinski definition) is 9. The maximum atomic E-state index is 13.9. The zero-order chi connectivity index (χ0) is 27.9. The minimum absolute atomic E-state index is 0.0408. The van der Waals surface area contributed by atoms with Crippen LogP contribution >= 0.6 is 0 Å². The summed E-state index contributed by atoms with van der Waals surface area (Å²) in [4.78, 5) is 31.9. The van der Waals surface area contributed by atoms with Crippen LogP contribution in [0.5, 0.6) is 0 Å². The zero-order valence-corrected chi connectivity index (χ0v) is 23.3. The molecule has 40 heavy (non-hydrogen) atoms. The molecule has 0 unspecified atom stereocenters. The van der Waals surface area contributed by atoms with Gasteiger partial charge in [-0.2, -0.15) is 15.2 Å². The van der Waals surface area contributed by atoms with Gasteiger partial charge < -0.3 is 19.9 Å². The van der Waals surface area contributed by atoms with Gasteiger partial charge in [0.05, 0.1) is 18.8 Å². The molecule has 2 fully saturated rings. The van der Waals surface area contributed by atoms with Crippen molar-refractivity contribution >= 4 is 23.5 Å². The summed E-state index contributed by atoms with van der Waals surface area (Å²) in [5, 5.41) is 14.7. The zero-order valence-electron chi connectivity index (χ0n) is 23.3. The van der Waals surface area contributed by atoms with E-state index in [1.807, 2.05) is 62.3 Å². The normalized spacial score (nSPS) is 17.9. The second kappa shape index (κ2) is 10.3. The van der Waals surface area contributed by atoms with E-state index in [0.29, 0.717) is 56.7 Å². The molecule has 1 atom stereocenters. The van der Waals surface area contributed by atoms with E-state index >= 15 is 0 Å². The molecule has 6 rings (SSSR count). The van der Waals surface area contributed by atoms with Crippen LogP contribution in [0.4, 0.5) is 17.6 Å². The summed E-state index contributed by atoms with van der Waals surface area (Å²) in [6, 6.07) is 7.66. The largest absolute Gasteiger partial charge is 0.363 e. The smallest absolute Gasteiger partial charge is 0.255 e. The molecule has 1 amide bonds. The Morgan fingerprint density at radius 3 is 2.55 bits per heavy atom. The molecule has 2 saturated heterocycles. The summed E-state index contributed by atoms with van der Waals surface area (Å²) in [5.41, 5.74) is 3.04. The Hall–Kier alpha value is -4.32. The number of ether oxygens (including phenoxy) is 1. The highest BCUT2D eigenvalue weighted by Crippen LogP contribution is 2.36. The average molecular weight is 543 g/mol. The molecule has 208 valence electrons. The standard InChI is InChI=1S/C28H34N10O2/c1-18-15-30-38(17-18)25-6-5-22(16-29-25)21(4)37-11-12-40-28(26(37)39)7-9-36(10-8-28)27-31-19(2)13-23(33-27)32-24-14-20(3)34-35-24/h5-6,13-17,21H,7-12H2,1-4H3,(H2,31,32,33,34,35)/t21-/m0/s1. The number of piperidine rings is 1. The lowest BCUT2D eigenvalue weighted by molar-refractivity contribution is -0.178. The third-order valence-electron chi connectivity index (χ3n) is 7.69. The van der Waals surface area contributed by atoms with Crippen molar-refractivity contribution in [2.24, 2.45) is 0 Å². The maximum Gasteiger partial charge on any atom is 0.255 e. The number of carbonyl (C=O) groups excluding carboxylic acids is 1. The van der Waals surface area contributed by atoms with Gasteiger partial charge in [0, 0.05) is 68.4 Å². The molecule has 0 saturated carbocycles. The first-order valence-electron chi connectivity index (χ1n) is 13.6. The van der Waals surface area contributed by atoms with Gasteiger partial charge in [0.15, 0.2) is 11.6 Å². The number of hydrogen-bond donors (Lipinski definition) is 2. The molecular weight excluding hydrogens is 508 g/mol. The molecule has 4 aromatic rings. The molecule has 6 heterocycles. The molecule has 0 bridgehead atoms. The highest BCUT2D eigenvalue weighted by atomic mass is 16.5. The predicted octanol–water partition coefficient (Wildman–Crippen LogP) is 3.41. The van der Waals surface area contributed by atoms with Gasteiger partial charge in [-0.15, -0.1) is 0 Å². The summed E-state index contributed by atoms with van der Waals surface area (Å²) in [5.74, 6) is 2.81. The molecule has 1 spiro atoms. The number of nitrogens with zero attached hydrogens (tertiary/aromatic N) is 8. The molecule has 2 aliphatic rings. The van der Waals surface area contributed by atoms with E-state index < -0.39 is 5.60 Å². The number of aromatic nitrogens is 7. The van der Waals surface area contributed by atoms with E-state index in [2.05, 4.69) is 42.4 Å². The summed E-state index contributed by atoms with van der Waals surface area (Å²) in [6.45, 7) is 10.2. The molecule has 12 heteroatoms. The Bertz CT molecular complexity index is 1500. The fraction of sp³-hybridized carbons (Fsp3) is 0.429. The van der Waals surface area contributed by atoms with Crippen molar-refractivity contribution in [3.63, 3.8) is 0 Å². The van der Waals surface area contributed by atoms with Gasteiger partial charge in [-0.1, -0.05) is 6.07 Å². The highest BCUT2D eigenvalue weighted by Gasteiger charge is 2.48. The Morgan fingerprint density at radius 1 is 1.05 bits per heavy atom. The Labute approximate surface area is 232 Å². The van der Waals surface area contributed by atoms with E-state index in [1.165, 1.54) is 0 Å². The van der Waals surface area contributed by atoms with Crippen molar-refractivity contribution in [2.75, 3.05) is 36.5 Å². The highest BCUT2D eigenvalue weighted by molar-refractivity contribution is 5.86. The molecule has 4 aromatic heterocycles. The third kappa shape index (κ3) is 5.02. The maximum absolute atomic E-state index is 13.9. The molecule has 12 nitrogen and oxygen atoms in total. The van der Waals surface area contributed by atoms with Crippen LogP contribution in [0.3, 0.4) is 0 Å². The Morgan fingerprint density at radius 2 is 1.88 bits per heavy atom. The van der Waals surface area contributed by atoms with Gasteiger partial charge in [0.25, 0.3) is 5.91 Å². The lowest BCUT2D eigenvalue weighted by Crippen LogP contribution is -2.61. The first-order chi connectivity index (χ1) is 19.3. The van der Waals surface area contributed by atoms with Crippen LogP contribution in [-0.4, -0.2) is 77.6 Å². The molecule has 2 N–H and O–H groups in total. The number of amides is 1. The first-order valence-corrected chi connectivity index (χ1v) is 13.6. The topological polar surface area (TPSA) is 130 Å². The number of carbonyl (C=O) groups is 1. The fourth-order valence-electron chi connectivity index (χ4n) is 5.43. The van der Waals surface area contributed by atoms with E-state index in [9.17, 15) is 4.79 Å². The molecule has 2 aliphatic heterocycles. The number of aromatic amines is 1. The minimum Gasteiger partial charge on any atom is -0.363 e. The third-order valence-corrected chi connectivity index (χ3v) is 7.69. The van der Waals surface area contributed by atoms with Crippen molar-refractivity contribution < 1.29 is 9.53 Å². The van der Waals surface area contributed by atoms with Gasteiger partial charge >= 0.3 is 0 Å². The second-order valence-electron chi connectivity index (χ2n) is 10.7. The van der Waals surface area contributed by atoms with E-state index in [4.69, 9.17) is 9.72 Å². The molecule has 0 aromatic carbocycles. The summed E-state index contributed by atoms with van der Waals surface area (Å²) in [7, 11) is 0. The van der Waals surface area contributed by atoms with Crippen LogP contribution in [0, 0.1) is 20.8 Å². The second-order valence-corrected chi connectivity index (χ2v) is 10.7. The fourth-order valence-corrected chi connectivity index (χ4v) is 5.43. The van der Waals surface area contributed by atoms with Crippen LogP contribution in [-0.2, 0) is 9.53 Å². The number of morpholine rings is 1. The molecular formula is C28H34N10O2. The van der Waals surface area contributed by atoms with Crippen LogP contribution in [0.1, 0.15) is 48.3 Å². The number of aryl methyl sites for hydroxylation is 3. The number of H-pyrrole nitrogens is 1. The number of anilines is 3. The van der Waals surface area contributed by atoms with Crippen molar-refractivity contribution in [1.82, 2.24) is 39.8 Å². The van der Waals surface area contributed by atoms with Crippen molar-refractivity contribution in [3.8, 4) is 5.82 Å². The van der Waals surface area contributed by atoms with Crippen molar-refractivity contribution in [2.45, 2.75) is 52.2 Å². The Balaban J connectivity index is 1.13. The van der Waals surface area contributed by atoms with E-state index in [0.717, 1.165) is 28.3 Å². The van der Waals surface area contributed by atoms with Crippen LogP contribution in [0.15, 0.2) is 42.9 Å². The van der Waals surface area contributed by atoms with Gasteiger partial charge in [-0.05, 0) is 44.9 Å². The average Bonchev–Trinajstić information content (AvgIpc) is 3.57. The van der Waals surface area contributed by atoms with Crippen molar-refractivity contribution in [1.29, 1.82) is 0 Å². The molecule has 0 radical (unpaired) electrons. The summed E-state index contributed by atoms with van der Waals surface area (Å²) in [6.07, 6.45) is 6.72. The monoisotopic (exact) mass is 542 g/mol. The minimum atomic E-state index is -0.833. The lowest BCUT2D eigenvalue weighted by atomic mass is 9.87. The quantitative estimate of drug-likeness (QED) is 0.376. The number of rotatable bonds is 6. The van der Waals surface area contributed by atoms with E-state index in [1.54, 1.807) is 10.9 Å². The van der Waals surface area contributed by atoms with Gasteiger partial charge in [0.1, 0.15) is 11.4 Å². The van der Waals surface area contributed by atoms with E-state index in [-0.39, 0.29) is 11.9 Å². The first kappa shape index (κ1) is 25.9. The van der Waals surface area contributed by atoms with Crippen LogP contribution in [0.2, 0.25) is 0 Å². The molecule has 0 aliphatic carbocycles. The lowest BCUT2D eigenvalue weighted by Gasteiger charge is -2.47. The number of pyridine rings is 1. The Kier molecular flexibility index (Phi) is 6.70. The van der Waals surface area contributed by atoms with Crippen molar-refractivity contribution in [3.05, 3.63) is 65.4 Å². The van der Waals surface area contributed by atoms with Gasteiger partial charge in [-0.3, -0.25) is 9.89 Å². The summed E-state index contributed by atoms with van der Waals surface area (Å²) >= 11 is 0. The number of nitrogens with one attached hydrogen (secondary N) is 2. The van der Waals surface area contributed by atoms with Gasteiger partial charge in [0.2, 0.25) is 5.95 Å².